The van der Waals surface area contributed by atoms with Gasteiger partial charge in [0.15, 0.2) is 0 Å². The fourth-order valence-corrected chi connectivity index (χ4v) is 1.87. The molecule has 23 heavy (non-hydrogen) atoms. The van der Waals surface area contributed by atoms with Crippen LogP contribution in [0.25, 0.3) is 0 Å². The van der Waals surface area contributed by atoms with Crippen LogP contribution in [0.4, 0.5) is 20.2 Å². The van der Waals surface area contributed by atoms with Crippen molar-refractivity contribution in [2.45, 2.75) is 6.92 Å². The van der Waals surface area contributed by atoms with Crippen LogP contribution in [0.1, 0.15) is 5.56 Å². The Morgan fingerprint density at radius 3 is 2.26 bits per heavy atom. The molecule has 0 fully saturated rings. The Morgan fingerprint density at radius 1 is 0.957 bits per heavy atom. The molecule has 0 saturated carbocycles. The largest absolute Gasteiger partial charge is 0.495 e. The Bertz CT molecular complexity index is 763. The molecule has 0 aromatic heterocycles. The lowest BCUT2D eigenvalue weighted by molar-refractivity contribution is -0.133. The van der Waals surface area contributed by atoms with Crippen LogP contribution in [-0.4, -0.2) is 18.9 Å². The maximum Gasteiger partial charge on any atom is 0.314 e. The van der Waals surface area contributed by atoms with Crippen LogP contribution < -0.4 is 15.4 Å². The maximum absolute atomic E-state index is 13.5. The molecule has 2 rings (SSSR count). The second kappa shape index (κ2) is 6.87. The summed E-state index contributed by atoms with van der Waals surface area (Å²) in [5, 5.41) is 4.38. The van der Waals surface area contributed by atoms with Crippen LogP contribution in [0.5, 0.6) is 5.75 Å². The van der Waals surface area contributed by atoms with Gasteiger partial charge in [-0.2, -0.15) is 0 Å². The van der Waals surface area contributed by atoms with Crippen LogP contribution >= 0.6 is 0 Å². The minimum Gasteiger partial charge on any atom is -0.495 e. The Morgan fingerprint density at radius 2 is 1.61 bits per heavy atom. The van der Waals surface area contributed by atoms with Gasteiger partial charge in [-0.15, -0.1) is 0 Å². The summed E-state index contributed by atoms with van der Waals surface area (Å²) in [5.41, 5.74) is 0.728. The van der Waals surface area contributed by atoms with Gasteiger partial charge < -0.3 is 15.4 Å². The van der Waals surface area contributed by atoms with Crippen molar-refractivity contribution in [2.24, 2.45) is 0 Å². The highest BCUT2D eigenvalue weighted by Gasteiger charge is 2.18. The summed E-state index contributed by atoms with van der Waals surface area (Å²) in [5.74, 6) is -3.37. The standard InChI is InChI=1S/C16H14F2N2O3/c1-9-3-6-14(23-2)13(7-9)20-16(22)15(21)19-12-8-10(17)4-5-11(12)18/h3-8H,1-2H3,(H,19,21)(H,20,22). The lowest BCUT2D eigenvalue weighted by Crippen LogP contribution is -2.29. The van der Waals surface area contributed by atoms with E-state index in [0.29, 0.717) is 11.4 Å². The molecular weight excluding hydrogens is 306 g/mol. The van der Waals surface area contributed by atoms with Gasteiger partial charge in [-0.3, -0.25) is 9.59 Å². The third-order valence-corrected chi connectivity index (χ3v) is 2.99. The molecule has 0 spiro atoms. The molecule has 5 nitrogen and oxygen atoms in total. The summed E-state index contributed by atoms with van der Waals surface area (Å²) >= 11 is 0. The van der Waals surface area contributed by atoms with Gasteiger partial charge in [0.1, 0.15) is 17.4 Å². The lowest BCUT2D eigenvalue weighted by atomic mass is 10.2. The highest BCUT2D eigenvalue weighted by Crippen LogP contribution is 2.25. The van der Waals surface area contributed by atoms with Gasteiger partial charge in [-0.25, -0.2) is 8.78 Å². The molecule has 0 atom stereocenters. The minimum atomic E-state index is -1.13. The van der Waals surface area contributed by atoms with Crippen molar-refractivity contribution in [3.05, 3.63) is 53.6 Å². The monoisotopic (exact) mass is 320 g/mol. The van der Waals surface area contributed by atoms with Crippen LogP contribution in [-0.2, 0) is 9.59 Å². The fourth-order valence-electron chi connectivity index (χ4n) is 1.87. The molecule has 2 amide bonds. The smallest absolute Gasteiger partial charge is 0.314 e. The zero-order valence-electron chi connectivity index (χ0n) is 12.4. The first-order chi connectivity index (χ1) is 10.9. The number of anilines is 2. The Hall–Kier alpha value is -2.96. The van der Waals surface area contributed by atoms with E-state index in [-0.39, 0.29) is 0 Å². The molecule has 0 aliphatic carbocycles. The highest BCUT2D eigenvalue weighted by molar-refractivity contribution is 6.43. The van der Waals surface area contributed by atoms with Gasteiger partial charge >= 0.3 is 11.8 Å². The molecule has 2 aromatic carbocycles. The number of carbonyl (C=O) groups excluding carboxylic acids is 2. The minimum absolute atomic E-state index is 0.298. The van der Waals surface area contributed by atoms with Gasteiger partial charge in [0.05, 0.1) is 18.5 Å². The third kappa shape index (κ3) is 4.03. The first-order valence-electron chi connectivity index (χ1n) is 6.62. The first-order valence-corrected chi connectivity index (χ1v) is 6.62. The molecule has 120 valence electrons. The van der Waals surface area contributed by atoms with E-state index in [1.54, 1.807) is 25.1 Å². The summed E-state index contributed by atoms with van der Waals surface area (Å²) in [4.78, 5) is 23.7. The normalized spacial score (nSPS) is 10.1. The van der Waals surface area contributed by atoms with E-state index < -0.39 is 29.1 Å². The van der Waals surface area contributed by atoms with E-state index in [1.165, 1.54) is 7.11 Å². The number of hydrogen-bond donors (Lipinski definition) is 2. The summed E-state index contributed by atoms with van der Waals surface area (Å²) in [7, 11) is 1.42. The van der Waals surface area contributed by atoms with Gasteiger partial charge in [-0.1, -0.05) is 6.07 Å². The SMILES string of the molecule is COc1ccc(C)cc1NC(=O)C(=O)Nc1cc(F)ccc1F. The summed E-state index contributed by atoms with van der Waals surface area (Å²) in [6.07, 6.45) is 0. The van der Waals surface area contributed by atoms with E-state index in [4.69, 9.17) is 4.74 Å². The molecule has 0 aliphatic heterocycles. The molecule has 0 bridgehead atoms. The third-order valence-electron chi connectivity index (χ3n) is 2.99. The first kappa shape index (κ1) is 16.4. The number of amides is 2. The van der Waals surface area contributed by atoms with E-state index in [2.05, 4.69) is 5.32 Å². The van der Waals surface area contributed by atoms with Crippen molar-refractivity contribution in [3.8, 4) is 5.75 Å². The number of halogens is 2. The van der Waals surface area contributed by atoms with Gasteiger partial charge in [0, 0.05) is 6.07 Å². The molecular formula is C16H14F2N2O3. The summed E-state index contributed by atoms with van der Waals surface area (Å²) in [6, 6.07) is 7.57. The van der Waals surface area contributed by atoms with Crippen molar-refractivity contribution < 1.29 is 23.1 Å². The highest BCUT2D eigenvalue weighted by atomic mass is 19.1. The Labute approximate surface area is 131 Å². The Kier molecular flexibility index (Phi) is 4.90. The second-order valence-electron chi connectivity index (χ2n) is 4.74. The number of carbonyl (C=O) groups is 2. The van der Waals surface area contributed by atoms with Crippen molar-refractivity contribution in [2.75, 3.05) is 17.7 Å². The van der Waals surface area contributed by atoms with Crippen molar-refractivity contribution in [3.63, 3.8) is 0 Å². The number of nitrogens with one attached hydrogen (secondary N) is 2. The van der Waals surface area contributed by atoms with Crippen molar-refractivity contribution in [1.29, 1.82) is 0 Å². The average molecular weight is 320 g/mol. The molecule has 0 heterocycles. The van der Waals surface area contributed by atoms with E-state index >= 15 is 0 Å². The number of ether oxygens (including phenoxy) is 1. The van der Waals surface area contributed by atoms with E-state index in [0.717, 1.165) is 23.8 Å². The summed E-state index contributed by atoms with van der Waals surface area (Å²) in [6.45, 7) is 1.80. The molecule has 2 N–H and O–H groups in total. The number of hydrogen-bond acceptors (Lipinski definition) is 3. The topological polar surface area (TPSA) is 67.4 Å². The van der Waals surface area contributed by atoms with Gasteiger partial charge in [0.25, 0.3) is 0 Å². The van der Waals surface area contributed by atoms with Crippen LogP contribution in [0.3, 0.4) is 0 Å². The molecule has 0 aliphatic rings. The predicted octanol–water partition coefficient (Wildman–Crippen LogP) is 2.86. The quantitative estimate of drug-likeness (QED) is 0.855. The summed E-state index contributed by atoms with van der Waals surface area (Å²) < 4.78 is 31.6. The van der Waals surface area contributed by atoms with Crippen LogP contribution in [0, 0.1) is 18.6 Å². The molecule has 2 aromatic rings. The van der Waals surface area contributed by atoms with Crippen molar-refractivity contribution in [1.82, 2.24) is 0 Å². The predicted molar refractivity (Wildman–Crippen MR) is 81.3 cm³/mol. The number of benzene rings is 2. The van der Waals surface area contributed by atoms with Gasteiger partial charge in [-0.05, 0) is 36.8 Å². The fraction of sp³-hybridized carbons (Fsp3) is 0.125. The second-order valence-corrected chi connectivity index (χ2v) is 4.74. The zero-order chi connectivity index (χ0) is 17.0. The van der Waals surface area contributed by atoms with E-state index in [1.807, 2.05) is 5.32 Å². The maximum atomic E-state index is 13.5. The zero-order valence-corrected chi connectivity index (χ0v) is 12.4. The number of rotatable bonds is 3. The molecule has 0 radical (unpaired) electrons. The molecule has 7 heteroatoms. The van der Waals surface area contributed by atoms with E-state index in [9.17, 15) is 18.4 Å². The lowest BCUT2D eigenvalue weighted by Gasteiger charge is -2.11. The average Bonchev–Trinajstić information content (AvgIpc) is 2.51. The van der Waals surface area contributed by atoms with Gasteiger partial charge in [0.2, 0.25) is 0 Å². The molecule has 0 saturated heterocycles. The van der Waals surface area contributed by atoms with Crippen molar-refractivity contribution >= 4 is 23.2 Å². The van der Waals surface area contributed by atoms with Crippen LogP contribution in [0.15, 0.2) is 36.4 Å². The van der Waals surface area contributed by atoms with Crippen LogP contribution in [0.2, 0.25) is 0 Å². The molecule has 0 unspecified atom stereocenters. The number of methoxy groups -OCH3 is 1. The number of aryl methyl sites for hydroxylation is 1. The Balaban J connectivity index is 2.13.